The van der Waals surface area contributed by atoms with Crippen LogP contribution in [0.3, 0.4) is 0 Å². The Bertz CT molecular complexity index is 2810. The first-order valence-electron chi connectivity index (χ1n) is 17.6. The molecule has 1 aliphatic carbocycles. The molecule has 0 spiro atoms. The number of pyridine rings is 2. The van der Waals surface area contributed by atoms with Gasteiger partial charge in [-0.25, -0.2) is 0 Å². The molecule has 0 fully saturated rings. The van der Waals surface area contributed by atoms with E-state index in [1.54, 1.807) is 0 Å². The summed E-state index contributed by atoms with van der Waals surface area (Å²) in [6, 6.07) is 50.7. The average Bonchev–Trinajstić information content (AvgIpc) is 3.54. The second kappa shape index (κ2) is 12.1. The number of benzene rings is 6. The van der Waals surface area contributed by atoms with Gasteiger partial charge in [-0.1, -0.05) is 91.0 Å². The molecule has 3 aromatic heterocycles. The number of fused-ring (bicyclic) bond motifs is 5. The lowest BCUT2D eigenvalue weighted by atomic mass is 9.93. The molecule has 3 heterocycles. The van der Waals surface area contributed by atoms with Gasteiger partial charge in [-0.2, -0.15) is 0 Å². The highest BCUT2D eigenvalue weighted by Gasteiger charge is 2.16. The molecular weight excluding hydrogens is 619 g/mol. The van der Waals surface area contributed by atoms with Crippen molar-refractivity contribution >= 4 is 38.7 Å². The van der Waals surface area contributed by atoms with Crippen LogP contribution in [-0.2, 0) is 6.42 Å². The van der Waals surface area contributed by atoms with Crippen LogP contribution in [-0.4, -0.2) is 14.5 Å². The standard InChI is InChI=1S/C48H33N3/c1-2-12-44(13-3-1)51-47-20-18-38(42-24-40(28-49-30-42)36-16-14-32-8-4-6-10-34(32)22-36)26-45(47)46-27-39(19-21-48(46)51)43-25-41(29-50-31-43)37-17-15-33-9-5-7-11-35(33)23-37/h1-4,6-8,10-31H,5,9H2. The lowest BCUT2D eigenvalue weighted by Crippen LogP contribution is -1.94. The van der Waals surface area contributed by atoms with Gasteiger partial charge in [-0.3, -0.25) is 9.97 Å². The molecule has 9 aromatic rings. The van der Waals surface area contributed by atoms with E-state index in [-0.39, 0.29) is 0 Å². The lowest BCUT2D eigenvalue weighted by molar-refractivity contribution is 0.986. The Morgan fingerprint density at radius 2 is 0.980 bits per heavy atom. The zero-order valence-electron chi connectivity index (χ0n) is 28.0. The number of rotatable bonds is 5. The van der Waals surface area contributed by atoms with E-state index in [4.69, 9.17) is 9.97 Å². The molecule has 1 aliphatic rings. The minimum Gasteiger partial charge on any atom is -0.309 e. The summed E-state index contributed by atoms with van der Waals surface area (Å²) in [5.74, 6) is 0. The topological polar surface area (TPSA) is 30.7 Å². The van der Waals surface area contributed by atoms with Crippen LogP contribution in [0, 0.1) is 0 Å². The third-order valence-electron chi connectivity index (χ3n) is 10.4. The van der Waals surface area contributed by atoms with Crippen molar-refractivity contribution in [3.8, 4) is 50.2 Å². The summed E-state index contributed by atoms with van der Waals surface area (Å²) >= 11 is 0. The highest BCUT2D eigenvalue weighted by Crippen LogP contribution is 2.38. The van der Waals surface area contributed by atoms with Gasteiger partial charge in [0.25, 0.3) is 0 Å². The second-order valence-corrected chi connectivity index (χ2v) is 13.5. The van der Waals surface area contributed by atoms with Crippen LogP contribution in [0.1, 0.15) is 17.5 Å². The zero-order chi connectivity index (χ0) is 33.7. The Labute approximate surface area is 296 Å². The van der Waals surface area contributed by atoms with Gasteiger partial charge in [0.2, 0.25) is 0 Å². The molecule has 0 radical (unpaired) electrons. The summed E-state index contributed by atoms with van der Waals surface area (Å²) in [6.07, 6.45) is 14.6. The van der Waals surface area contributed by atoms with Crippen LogP contribution in [0.15, 0.2) is 170 Å². The number of allylic oxidation sites excluding steroid dienone is 1. The number of hydrogen-bond donors (Lipinski definition) is 0. The van der Waals surface area contributed by atoms with E-state index in [9.17, 15) is 0 Å². The molecule has 0 amide bonds. The Balaban J connectivity index is 1.10. The van der Waals surface area contributed by atoms with Crippen LogP contribution in [0.5, 0.6) is 0 Å². The van der Waals surface area contributed by atoms with Gasteiger partial charge in [0, 0.05) is 63.5 Å². The molecule has 240 valence electrons. The summed E-state index contributed by atoms with van der Waals surface area (Å²) in [7, 11) is 0. The van der Waals surface area contributed by atoms with E-state index in [0.717, 1.165) is 57.5 Å². The second-order valence-electron chi connectivity index (χ2n) is 13.5. The van der Waals surface area contributed by atoms with Crippen molar-refractivity contribution in [1.82, 2.24) is 14.5 Å². The van der Waals surface area contributed by atoms with Crippen molar-refractivity contribution in [2.24, 2.45) is 0 Å². The van der Waals surface area contributed by atoms with Gasteiger partial charge in [0.05, 0.1) is 11.0 Å². The summed E-state index contributed by atoms with van der Waals surface area (Å²) < 4.78 is 2.37. The summed E-state index contributed by atoms with van der Waals surface area (Å²) in [5.41, 5.74) is 15.3. The molecule has 51 heavy (non-hydrogen) atoms. The maximum Gasteiger partial charge on any atom is 0.0541 e. The highest BCUT2D eigenvalue weighted by atomic mass is 15.0. The Morgan fingerprint density at radius 3 is 1.65 bits per heavy atom. The number of aromatic nitrogens is 3. The first-order valence-corrected chi connectivity index (χ1v) is 17.6. The van der Waals surface area contributed by atoms with E-state index in [1.807, 2.05) is 24.8 Å². The number of aryl methyl sites for hydroxylation is 1. The quantitative estimate of drug-likeness (QED) is 0.185. The van der Waals surface area contributed by atoms with Crippen LogP contribution in [0.4, 0.5) is 0 Å². The third-order valence-corrected chi connectivity index (χ3v) is 10.4. The van der Waals surface area contributed by atoms with E-state index < -0.39 is 0 Å². The maximum absolute atomic E-state index is 4.72. The number of hydrogen-bond acceptors (Lipinski definition) is 2. The van der Waals surface area contributed by atoms with Crippen molar-refractivity contribution in [2.45, 2.75) is 12.8 Å². The Hall–Kier alpha value is -6.58. The SMILES string of the molecule is C1=Cc2cc(-c3cncc(-c4ccc5c(c4)c4cc(-c6cncc(-c7ccc8ccccc8c7)c6)ccc4n5-c4ccccc4)c3)ccc2CC1. The summed E-state index contributed by atoms with van der Waals surface area (Å²) in [5, 5.41) is 4.88. The predicted molar refractivity (Wildman–Crippen MR) is 213 cm³/mol. The molecule has 6 aromatic carbocycles. The first-order chi connectivity index (χ1) is 25.2. The third kappa shape index (κ3) is 5.22. The Kier molecular flexibility index (Phi) is 6.95. The van der Waals surface area contributed by atoms with Crippen LogP contribution < -0.4 is 0 Å². The minimum absolute atomic E-state index is 1.09. The fraction of sp³-hybridized carbons (Fsp3) is 0.0417. The van der Waals surface area contributed by atoms with E-state index in [0.29, 0.717) is 0 Å². The monoisotopic (exact) mass is 651 g/mol. The molecule has 0 bridgehead atoms. The molecule has 3 heteroatoms. The molecule has 0 aliphatic heterocycles. The van der Waals surface area contributed by atoms with Crippen molar-refractivity contribution < 1.29 is 0 Å². The smallest absolute Gasteiger partial charge is 0.0541 e. The van der Waals surface area contributed by atoms with Crippen molar-refractivity contribution in [2.75, 3.05) is 0 Å². The predicted octanol–water partition coefficient (Wildman–Crippen LogP) is 12.4. The molecule has 0 saturated carbocycles. The van der Waals surface area contributed by atoms with Gasteiger partial charge in [0.1, 0.15) is 0 Å². The minimum atomic E-state index is 1.09. The molecular formula is C48H33N3. The Morgan fingerprint density at radius 1 is 0.431 bits per heavy atom. The van der Waals surface area contributed by atoms with Crippen LogP contribution in [0.25, 0.3) is 88.8 Å². The van der Waals surface area contributed by atoms with Crippen LogP contribution >= 0.6 is 0 Å². The zero-order valence-corrected chi connectivity index (χ0v) is 28.0. The first kappa shape index (κ1) is 29.3. The van der Waals surface area contributed by atoms with Crippen molar-refractivity contribution in [1.29, 1.82) is 0 Å². The normalized spacial score (nSPS) is 12.5. The molecule has 0 N–H and O–H groups in total. The fourth-order valence-electron chi connectivity index (χ4n) is 7.72. The van der Waals surface area contributed by atoms with Crippen LogP contribution in [0.2, 0.25) is 0 Å². The number of nitrogens with zero attached hydrogens (tertiary/aromatic N) is 3. The molecule has 3 nitrogen and oxygen atoms in total. The van der Waals surface area contributed by atoms with E-state index in [2.05, 4.69) is 156 Å². The maximum atomic E-state index is 4.72. The largest absolute Gasteiger partial charge is 0.309 e. The highest BCUT2D eigenvalue weighted by molar-refractivity contribution is 6.11. The van der Waals surface area contributed by atoms with E-state index in [1.165, 1.54) is 49.3 Å². The fourth-order valence-corrected chi connectivity index (χ4v) is 7.72. The molecule has 0 saturated heterocycles. The van der Waals surface area contributed by atoms with Crippen molar-refractivity contribution in [3.63, 3.8) is 0 Å². The van der Waals surface area contributed by atoms with Crippen molar-refractivity contribution in [3.05, 3.63) is 182 Å². The van der Waals surface area contributed by atoms with Gasteiger partial charge in [-0.15, -0.1) is 0 Å². The van der Waals surface area contributed by atoms with Gasteiger partial charge < -0.3 is 4.57 Å². The molecule has 10 rings (SSSR count). The average molecular weight is 652 g/mol. The van der Waals surface area contributed by atoms with E-state index >= 15 is 0 Å². The summed E-state index contributed by atoms with van der Waals surface area (Å²) in [6.45, 7) is 0. The van der Waals surface area contributed by atoms with Gasteiger partial charge in [0.15, 0.2) is 0 Å². The number of para-hydroxylation sites is 1. The molecule has 0 atom stereocenters. The molecule has 0 unspecified atom stereocenters. The summed E-state index contributed by atoms with van der Waals surface area (Å²) in [4.78, 5) is 9.43. The van der Waals surface area contributed by atoms with Gasteiger partial charge in [-0.05, 0) is 118 Å². The lowest BCUT2D eigenvalue weighted by Gasteiger charge is -2.13. The van der Waals surface area contributed by atoms with Gasteiger partial charge >= 0.3 is 0 Å².